The second-order valence-electron chi connectivity index (χ2n) is 4.02. The molecular formula is C14H15NO. The highest BCUT2D eigenvalue weighted by Gasteiger charge is 2.06. The molecule has 0 aliphatic rings. The molecule has 0 saturated heterocycles. The summed E-state index contributed by atoms with van der Waals surface area (Å²) in [7, 11) is 0. The summed E-state index contributed by atoms with van der Waals surface area (Å²) in [6.45, 7) is 1.98. The van der Waals surface area contributed by atoms with Gasteiger partial charge in [-0.25, -0.2) is 0 Å². The van der Waals surface area contributed by atoms with Gasteiger partial charge in [-0.3, -0.25) is 0 Å². The van der Waals surface area contributed by atoms with Gasteiger partial charge in [-0.05, 0) is 24.1 Å². The maximum absolute atomic E-state index is 9.86. The first-order valence-electron chi connectivity index (χ1n) is 5.28. The van der Waals surface area contributed by atoms with Gasteiger partial charge >= 0.3 is 0 Å². The van der Waals surface area contributed by atoms with Gasteiger partial charge in [0.25, 0.3) is 0 Å². The van der Waals surface area contributed by atoms with E-state index in [1.807, 2.05) is 43.3 Å². The third-order valence-corrected chi connectivity index (χ3v) is 2.60. The summed E-state index contributed by atoms with van der Waals surface area (Å²) in [5, 5.41) is 9.86. The molecule has 0 unspecified atom stereocenters. The summed E-state index contributed by atoms with van der Waals surface area (Å²) in [5.41, 5.74) is 9.29. The Hall–Kier alpha value is -1.96. The molecule has 0 aliphatic heterocycles. The number of benzene rings is 2. The fraction of sp³-hybridized carbons (Fsp3) is 0.143. The van der Waals surface area contributed by atoms with Crippen LogP contribution in [0, 0.1) is 6.92 Å². The zero-order valence-electron chi connectivity index (χ0n) is 9.27. The molecule has 2 heteroatoms. The Balaban J connectivity index is 2.35. The topological polar surface area (TPSA) is 46.2 Å². The zero-order valence-corrected chi connectivity index (χ0v) is 9.27. The predicted octanol–water partition coefficient (Wildman–Crippen LogP) is 2.87. The molecule has 0 aliphatic carbocycles. The molecule has 2 rings (SSSR count). The first-order valence-corrected chi connectivity index (χ1v) is 5.28. The number of nitrogens with two attached hydrogens (primary N) is 1. The Morgan fingerprint density at radius 3 is 2.50 bits per heavy atom. The van der Waals surface area contributed by atoms with E-state index in [1.54, 1.807) is 6.07 Å². The summed E-state index contributed by atoms with van der Waals surface area (Å²) >= 11 is 0. The largest absolute Gasteiger partial charge is 0.505 e. The molecule has 0 fully saturated rings. The van der Waals surface area contributed by atoms with E-state index < -0.39 is 0 Å². The van der Waals surface area contributed by atoms with Gasteiger partial charge in [0.05, 0.1) is 5.69 Å². The predicted molar refractivity (Wildman–Crippen MR) is 66.5 cm³/mol. The van der Waals surface area contributed by atoms with Crippen molar-refractivity contribution in [1.82, 2.24) is 0 Å². The zero-order chi connectivity index (χ0) is 11.5. The summed E-state index contributed by atoms with van der Waals surface area (Å²) in [6.07, 6.45) is 0.707. The van der Waals surface area contributed by atoms with E-state index in [0.29, 0.717) is 12.1 Å². The average molecular weight is 213 g/mol. The van der Waals surface area contributed by atoms with Gasteiger partial charge in [0.1, 0.15) is 5.75 Å². The van der Waals surface area contributed by atoms with Gasteiger partial charge in [0.2, 0.25) is 0 Å². The van der Waals surface area contributed by atoms with E-state index in [2.05, 4.69) is 0 Å². The van der Waals surface area contributed by atoms with Crippen LogP contribution in [0.15, 0.2) is 42.5 Å². The second kappa shape index (κ2) is 4.27. The lowest BCUT2D eigenvalue weighted by atomic mass is 10.0. The van der Waals surface area contributed by atoms with E-state index in [-0.39, 0.29) is 5.75 Å². The van der Waals surface area contributed by atoms with Gasteiger partial charge < -0.3 is 10.8 Å². The number of nitrogen functional groups attached to an aromatic ring is 1. The summed E-state index contributed by atoms with van der Waals surface area (Å²) in [5.74, 6) is 0.203. The van der Waals surface area contributed by atoms with Crippen LogP contribution in [0.3, 0.4) is 0 Å². The number of aryl methyl sites for hydroxylation is 1. The lowest BCUT2D eigenvalue weighted by molar-refractivity contribution is 0.472. The van der Waals surface area contributed by atoms with Crippen molar-refractivity contribution >= 4 is 5.69 Å². The Labute approximate surface area is 95.4 Å². The molecule has 0 amide bonds. The van der Waals surface area contributed by atoms with Gasteiger partial charge in [-0.2, -0.15) is 0 Å². The van der Waals surface area contributed by atoms with Crippen LogP contribution in [0.4, 0.5) is 5.69 Å². The molecule has 0 atom stereocenters. The first-order chi connectivity index (χ1) is 7.66. The Bertz CT molecular complexity index is 492. The van der Waals surface area contributed by atoms with Crippen LogP contribution in [0.5, 0.6) is 5.75 Å². The fourth-order valence-corrected chi connectivity index (χ4v) is 1.83. The van der Waals surface area contributed by atoms with E-state index >= 15 is 0 Å². The number of phenolic OH excluding ortho intramolecular Hbond substituents is 1. The molecule has 2 nitrogen and oxygen atoms in total. The quantitative estimate of drug-likeness (QED) is 0.595. The monoisotopic (exact) mass is 213 g/mol. The molecule has 2 aromatic rings. The Morgan fingerprint density at radius 1 is 1.12 bits per heavy atom. The minimum Gasteiger partial charge on any atom is -0.505 e. The van der Waals surface area contributed by atoms with Crippen molar-refractivity contribution in [2.24, 2.45) is 0 Å². The third kappa shape index (κ3) is 2.16. The normalized spacial score (nSPS) is 10.3. The van der Waals surface area contributed by atoms with Crippen LogP contribution in [-0.4, -0.2) is 5.11 Å². The highest BCUT2D eigenvalue weighted by Crippen LogP contribution is 2.28. The molecule has 0 spiro atoms. The van der Waals surface area contributed by atoms with E-state index in [1.165, 1.54) is 5.56 Å². The maximum Gasteiger partial charge on any atom is 0.142 e. The van der Waals surface area contributed by atoms with Gasteiger partial charge in [0.15, 0.2) is 0 Å². The Kier molecular flexibility index (Phi) is 2.82. The SMILES string of the molecule is Cc1cc(N)c(O)c(Cc2ccccc2)c1. The molecule has 0 aromatic heterocycles. The fourth-order valence-electron chi connectivity index (χ4n) is 1.83. The van der Waals surface area contributed by atoms with Crippen molar-refractivity contribution in [2.75, 3.05) is 5.73 Å². The summed E-state index contributed by atoms with van der Waals surface area (Å²) < 4.78 is 0. The van der Waals surface area contributed by atoms with Crippen molar-refractivity contribution in [1.29, 1.82) is 0 Å². The highest BCUT2D eigenvalue weighted by molar-refractivity contribution is 5.58. The van der Waals surface area contributed by atoms with Crippen LogP contribution in [0.25, 0.3) is 0 Å². The Morgan fingerprint density at radius 2 is 1.81 bits per heavy atom. The highest BCUT2D eigenvalue weighted by atomic mass is 16.3. The molecule has 0 heterocycles. The van der Waals surface area contributed by atoms with E-state index in [9.17, 15) is 5.11 Å². The molecule has 0 bridgehead atoms. The second-order valence-corrected chi connectivity index (χ2v) is 4.02. The minimum atomic E-state index is 0.203. The van der Waals surface area contributed by atoms with Crippen LogP contribution in [-0.2, 0) is 6.42 Å². The number of hydrogen-bond acceptors (Lipinski definition) is 2. The van der Waals surface area contributed by atoms with Crippen LogP contribution < -0.4 is 5.73 Å². The molecular weight excluding hydrogens is 198 g/mol. The first kappa shape index (κ1) is 10.6. The average Bonchev–Trinajstić information content (AvgIpc) is 2.27. The standard InChI is InChI=1S/C14H15NO/c1-10-7-12(14(16)13(15)8-10)9-11-5-3-2-4-6-11/h2-8,16H,9,15H2,1H3. The lowest BCUT2D eigenvalue weighted by Gasteiger charge is -2.08. The molecule has 0 radical (unpaired) electrons. The van der Waals surface area contributed by atoms with Crippen molar-refractivity contribution < 1.29 is 5.11 Å². The number of rotatable bonds is 2. The number of anilines is 1. The molecule has 82 valence electrons. The van der Waals surface area contributed by atoms with Crippen molar-refractivity contribution in [2.45, 2.75) is 13.3 Å². The van der Waals surface area contributed by atoms with E-state index in [4.69, 9.17) is 5.73 Å². The lowest BCUT2D eigenvalue weighted by Crippen LogP contribution is -1.94. The van der Waals surface area contributed by atoms with E-state index in [0.717, 1.165) is 11.1 Å². The van der Waals surface area contributed by atoms with Crippen LogP contribution in [0.2, 0.25) is 0 Å². The molecule has 16 heavy (non-hydrogen) atoms. The molecule has 0 saturated carbocycles. The van der Waals surface area contributed by atoms with Crippen LogP contribution >= 0.6 is 0 Å². The minimum absolute atomic E-state index is 0.203. The summed E-state index contributed by atoms with van der Waals surface area (Å²) in [6, 6.07) is 13.8. The number of aromatic hydroxyl groups is 1. The number of hydrogen-bond donors (Lipinski definition) is 2. The van der Waals surface area contributed by atoms with Crippen molar-refractivity contribution in [3.63, 3.8) is 0 Å². The smallest absolute Gasteiger partial charge is 0.142 e. The summed E-state index contributed by atoms with van der Waals surface area (Å²) in [4.78, 5) is 0. The van der Waals surface area contributed by atoms with Crippen LogP contribution in [0.1, 0.15) is 16.7 Å². The van der Waals surface area contributed by atoms with Gasteiger partial charge in [-0.15, -0.1) is 0 Å². The third-order valence-electron chi connectivity index (χ3n) is 2.60. The molecule has 3 N–H and O–H groups in total. The number of phenols is 1. The van der Waals surface area contributed by atoms with Gasteiger partial charge in [-0.1, -0.05) is 36.4 Å². The van der Waals surface area contributed by atoms with Crippen molar-refractivity contribution in [3.05, 3.63) is 59.2 Å². The van der Waals surface area contributed by atoms with Crippen molar-refractivity contribution in [3.8, 4) is 5.75 Å². The maximum atomic E-state index is 9.86. The molecule has 2 aromatic carbocycles. The van der Waals surface area contributed by atoms with Gasteiger partial charge in [0, 0.05) is 12.0 Å².